The van der Waals surface area contributed by atoms with Gasteiger partial charge in [0.2, 0.25) is 0 Å². The van der Waals surface area contributed by atoms with E-state index in [9.17, 15) is 4.79 Å². The summed E-state index contributed by atoms with van der Waals surface area (Å²) < 4.78 is 0.979. The van der Waals surface area contributed by atoms with Gasteiger partial charge in [-0.3, -0.25) is 4.79 Å². The highest BCUT2D eigenvalue weighted by molar-refractivity contribution is 9.10. The Morgan fingerprint density at radius 1 is 1.21 bits per heavy atom. The molecule has 0 spiro atoms. The van der Waals surface area contributed by atoms with Crippen LogP contribution in [0.3, 0.4) is 0 Å². The summed E-state index contributed by atoms with van der Waals surface area (Å²) >= 11 is 3.45. The van der Waals surface area contributed by atoms with E-state index in [0.29, 0.717) is 17.8 Å². The molecule has 0 aliphatic rings. The third kappa shape index (κ3) is 3.15. The summed E-state index contributed by atoms with van der Waals surface area (Å²) in [5.41, 5.74) is 8.91. The van der Waals surface area contributed by atoms with E-state index in [2.05, 4.69) is 21.2 Å². The Hall–Kier alpha value is -1.81. The van der Waals surface area contributed by atoms with Crippen LogP contribution in [0.1, 0.15) is 21.5 Å². The monoisotopic (exact) mass is 318 g/mol. The molecule has 1 amide bonds. The molecule has 2 rings (SSSR count). The number of rotatable bonds is 3. The van der Waals surface area contributed by atoms with Crippen molar-refractivity contribution in [3.63, 3.8) is 0 Å². The second-order valence-electron chi connectivity index (χ2n) is 4.31. The number of halogens is 1. The van der Waals surface area contributed by atoms with Crippen LogP contribution in [0.15, 0.2) is 46.9 Å². The third-order valence-corrected chi connectivity index (χ3v) is 3.74. The highest BCUT2D eigenvalue weighted by Crippen LogP contribution is 2.18. The first-order chi connectivity index (χ1) is 9.09. The Kier molecular flexibility index (Phi) is 4.22. The van der Waals surface area contributed by atoms with Crippen LogP contribution < -0.4 is 11.1 Å². The molecule has 0 saturated heterocycles. The topological polar surface area (TPSA) is 55.1 Å². The maximum Gasteiger partial charge on any atom is 0.253 e. The fraction of sp³-hybridized carbons (Fsp3) is 0.133. The molecule has 3 N–H and O–H groups in total. The zero-order valence-corrected chi connectivity index (χ0v) is 12.2. The van der Waals surface area contributed by atoms with Crippen molar-refractivity contribution in [1.82, 2.24) is 5.32 Å². The number of amides is 1. The standard InChI is InChI=1S/C15H15BrN2O/c1-10-5-4-7-12(14(10)17)15(19)18-9-11-6-2-3-8-13(11)16/h2-8H,9,17H2,1H3,(H,18,19). The summed E-state index contributed by atoms with van der Waals surface area (Å²) in [6, 6.07) is 13.2. The maximum absolute atomic E-state index is 12.1. The number of carbonyl (C=O) groups excluding carboxylic acids is 1. The first kappa shape index (κ1) is 13.6. The predicted molar refractivity (Wildman–Crippen MR) is 80.9 cm³/mol. The van der Waals surface area contributed by atoms with Crippen LogP contribution in [-0.2, 0) is 6.54 Å². The van der Waals surface area contributed by atoms with E-state index in [1.165, 1.54) is 0 Å². The summed E-state index contributed by atoms with van der Waals surface area (Å²) in [6.07, 6.45) is 0. The molecule has 19 heavy (non-hydrogen) atoms. The van der Waals surface area contributed by atoms with Crippen LogP contribution in [-0.4, -0.2) is 5.91 Å². The molecule has 0 unspecified atom stereocenters. The molecule has 0 aliphatic heterocycles. The number of carbonyl (C=O) groups is 1. The van der Waals surface area contributed by atoms with Crippen LogP contribution in [0.5, 0.6) is 0 Å². The Morgan fingerprint density at radius 2 is 1.95 bits per heavy atom. The van der Waals surface area contributed by atoms with Crippen molar-refractivity contribution < 1.29 is 4.79 Å². The van der Waals surface area contributed by atoms with E-state index in [1.807, 2.05) is 43.3 Å². The van der Waals surface area contributed by atoms with Crippen LogP contribution in [0, 0.1) is 6.92 Å². The lowest BCUT2D eigenvalue weighted by Crippen LogP contribution is -2.24. The largest absolute Gasteiger partial charge is 0.398 e. The lowest BCUT2D eigenvalue weighted by molar-refractivity contribution is 0.0951. The number of nitrogens with two attached hydrogens (primary N) is 1. The molecule has 0 saturated carbocycles. The van der Waals surface area contributed by atoms with Crippen LogP contribution >= 0.6 is 15.9 Å². The van der Waals surface area contributed by atoms with Gasteiger partial charge in [0, 0.05) is 16.7 Å². The second-order valence-corrected chi connectivity index (χ2v) is 5.16. The fourth-order valence-electron chi connectivity index (χ4n) is 1.79. The smallest absolute Gasteiger partial charge is 0.253 e. The molecule has 0 heterocycles. The first-order valence-electron chi connectivity index (χ1n) is 5.96. The highest BCUT2D eigenvalue weighted by Gasteiger charge is 2.10. The number of para-hydroxylation sites is 1. The number of hydrogen-bond donors (Lipinski definition) is 2. The summed E-state index contributed by atoms with van der Waals surface area (Å²) in [7, 11) is 0. The zero-order valence-electron chi connectivity index (χ0n) is 10.6. The summed E-state index contributed by atoms with van der Waals surface area (Å²) in [5.74, 6) is -0.156. The van der Waals surface area contributed by atoms with Crippen molar-refractivity contribution >= 4 is 27.5 Å². The lowest BCUT2D eigenvalue weighted by atomic mass is 10.1. The van der Waals surface area contributed by atoms with E-state index in [1.54, 1.807) is 6.07 Å². The molecule has 0 aromatic heterocycles. The molecule has 0 aliphatic carbocycles. The van der Waals surface area contributed by atoms with Gasteiger partial charge in [-0.25, -0.2) is 0 Å². The number of aryl methyl sites for hydroxylation is 1. The summed E-state index contributed by atoms with van der Waals surface area (Å²) in [6.45, 7) is 2.35. The van der Waals surface area contributed by atoms with E-state index in [-0.39, 0.29) is 5.91 Å². The van der Waals surface area contributed by atoms with Crippen LogP contribution in [0.2, 0.25) is 0 Å². The molecule has 0 bridgehead atoms. The molecule has 2 aromatic rings. The molecule has 4 heteroatoms. The van der Waals surface area contributed by atoms with Crippen LogP contribution in [0.4, 0.5) is 5.69 Å². The van der Waals surface area contributed by atoms with Gasteiger partial charge >= 0.3 is 0 Å². The molecule has 98 valence electrons. The SMILES string of the molecule is Cc1cccc(C(=O)NCc2ccccc2Br)c1N. The van der Waals surface area contributed by atoms with Gasteiger partial charge in [0.1, 0.15) is 0 Å². The van der Waals surface area contributed by atoms with Crippen molar-refractivity contribution in [1.29, 1.82) is 0 Å². The number of anilines is 1. The van der Waals surface area contributed by atoms with Gasteiger partial charge < -0.3 is 11.1 Å². The molecular weight excluding hydrogens is 304 g/mol. The highest BCUT2D eigenvalue weighted by atomic mass is 79.9. The summed E-state index contributed by atoms with van der Waals surface area (Å²) in [4.78, 5) is 12.1. The molecule has 0 radical (unpaired) electrons. The maximum atomic E-state index is 12.1. The van der Waals surface area contributed by atoms with Crippen molar-refractivity contribution in [2.75, 3.05) is 5.73 Å². The van der Waals surface area contributed by atoms with E-state index in [4.69, 9.17) is 5.73 Å². The molecule has 3 nitrogen and oxygen atoms in total. The Balaban J connectivity index is 2.10. The second kappa shape index (κ2) is 5.89. The van der Waals surface area contributed by atoms with E-state index < -0.39 is 0 Å². The Bertz CT molecular complexity index is 611. The van der Waals surface area contributed by atoms with Gasteiger partial charge in [-0.1, -0.05) is 46.3 Å². The predicted octanol–water partition coefficient (Wildman–Crippen LogP) is 3.27. The Labute approximate surface area is 121 Å². The minimum Gasteiger partial charge on any atom is -0.398 e. The fourth-order valence-corrected chi connectivity index (χ4v) is 2.22. The third-order valence-electron chi connectivity index (χ3n) is 2.97. The number of benzene rings is 2. The molecule has 0 atom stereocenters. The molecule has 2 aromatic carbocycles. The van der Waals surface area contributed by atoms with Crippen LogP contribution in [0.25, 0.3) is 0 Å². The quantitative estimate of drug-likeness (QED) is 0.853. The number of hydrogen-bond acceptors (Lipinski definition) is 2. The van der Waals surface area contributed by atoms with Crippen molar-refractivity contribution in [2.24, 2.45) is 0 Å². The van der Waals surface area contributed by atoms with Gasteiger partial charge in [0.25, 0.3) is 5.91 Å². The number of nitrogens with one attached hydrogen (secondary N) is 1. The van der Waals surface area contributed by atoms with Crippen molar-refractivity contribution in [3.05, 3.63) is 63.6 Å². The lowest BCUT2D eigenvalue weighted by Gasteiger charge is -2.10. The molecule has 0 fully saturated rings. The summed E-state index contributed by atoms with van der Waals surface area (Å²) in [5, 5.41) is 2.88. The van der Waals surface area contributed by atoms with Gasteiger partial charge in [-0.15, -0.1) is 0 Å². The van der Waals surface area contributed by atoms with Crippen molar-refractivity contribution in [2.45, 2.75) is 13.5 Å². The Morgan fingerprint density at radius 3 is 2.68 bits per heavy atom. The van der Waals surface area contributed by atoms with E-state index in [0.717, 1.165) is 15.6 Å². The van der Waals surface area contributed by atoms with Crippen molar-refractivity contribution in [3.8, 4) is 0 Å². The van der Waals surface area contributed by atoms with Gasteiger partial charge in [-0.05, 0) is 30.2 Å². The minimum absolute atomic E-state index is 0.156. The molecular formula is C15H15BrN2O. The van der Waals surface area contributed by atoms with E-state index >= 15 is 0 Å². The minimum atomic E-state index is -0.156. The van der Waals surface area contributed by atoms with Gasteiger partial charge in [0.05, 0.1) is 5.56 Å². The number of nitrogen functional groups attached to an aromatic ring is 1. The first-order valence-corrected chi connectivity index (χ1v) is 6.75. The normalized spacial score (nSPS) is 10.2. The average Bonchev–Trinajstić information content (AvgIpc) is 2.40. The average molecular weight is 319 g/mol. The zero-order chi connectivity index (χ0) is 13.8. The van der Waals surface area contributed by atoms with Gasteiger partial charge in [0.15, 0.2) is 0 Å². The van der Waals surface area contributed by atoms with Gasteiger partial charge in [-0.2, -0.15) is 0 Å².